The first-order valence-corrected chi connectivity index (χ1v) is 8.07. The molecule has 1 aliphatic rings. The molecule has 1 aliphatic carbocycles. The molecular formula is C18H29NO. The topological polar surface area (TPSA) is 35.2 Å². The number of hydrogen-bond acceptors (Lipinski definition) is 2. The molecule has 2 nitrogen and oxygen atoms in total. The lowest BCUT2D eigenvalue weighted by Crippen LogP contribution is -2.36. The van der Waals surface area contributed by atoms with Gasteiger partial charge in [-0.1, -0.05) is 37.5 Å². The molecule has 0 aromatic heterocycles. The molecule has 0 radical (unpaired) electrons. The van der Waals surface area contributed by atoms with Gasteiger partial charge in [-0.15, -0.1) is 0 Å². The maximum Gasteiger partial charge on any atom is 0.0795 e. The van der Waals surface area contributed by atoms with Crippen molar-refractivity contribution in [2.45, 2.75) is 65.0 Å². The summed E-state index contributed by atoms with van der Waals surface area (Å²) in [4.78, 5) is 0. The summed E-state index contributed by atoms with van der Waals surface area (Å²) in [6, 6.07) is 6.57. The molecular weight excluding hydrogens is 246 g/mol. The average molecular weight is 275 g/mol. The van der Waals surface area contributed by atoms with Crippen molar-refractivity contribution in [1.82, 2.24) is 0 Å². The Morgan fingerprint density at radius 2 is 1.85 bits per heavy atom. The second-order valence-electron chi connectivity index (χ2n) is 6.19. The molecule has 1 saturated carbocycles. The molecule has 112 valence electrons. The largest absolute Gasteiger partial charge is 0.376 e. The van der Waals surface area contributed by atoms with E-state index in [1.54, 1.807) is 0 Å². The SMILES string of the molecule is CCOC(C1CCCCC1)C(N)c1ccc(C)c(C)c1. The van der Waals surface area contributed by atoms with Crippen molar-refractivity contribution in [3.63, 3.8) is 0 Å². The predicted octanol–water partition coefficient (Wildman–Crippen LogP) is 4.29. The number of aryl methyl sites for hydroxylation is 2. The minimum Gasteiger partial charge on any atom is -0.376 e. The quantitative estimate of drug-likeness (QED) is 0.870. The van der Waals surface area contributed by atoms with Crippen molar-refractivity contribution >= 4 is 0 Å². The fourth-order valence-electron chi connectivity index (χ4n) is 3.35. The predicted molar refractivity (Wildman–Crippen MR) is 84.8 cm³/mol. The van der Waals surface area contributed by atoms with Crippen LogP contribution in [0, 0.1) is 19.8 Å². The van der Waals surface area contributed by atoms with Crippen LogP contribution in [0.5, 0.6) is 0 Å². The molecule has 0 heterocycles. The molecule has 20 heavy (non-hydrogen) atoms. The van der Waals surface area contributed by atoms with Gasteiger partial charge in [-0.3, -0.25) is 0 Å². The van der Waals surface area contributed by atoms with E-state index in [0.29, 0.717) is 5.92 Å². The van der Waals surface area contributed by atoms with Crippen molar-refractivity contribution in [1.29, 1.82) is 0 Å². The van der Waals surface area contributed by atoms with Gasteiger partial charge in [-0.05, 0) is 56.2 Å². The van der Waals surface area contributed by atoms with Gasteiger partial charge in [0.1, 0.15) is 0 Å². The van der Waals surface area contributed by atoms with E-state index in [1.807, 2.05) is 0 Å². The van der Waals surface area contributed by atoms with E-state index in [-0.39, 0.29) is 12.1 Å². The summed E-state index contributed by atoms with van der Waals surface area (Å²) in [5.74, 6) is 0.625. The highest BCUT2D eigenvalue weighted by atomic mass is 16.5. The van der Waals surface area contributed by atoms with E-state index in [0.717, 1.165) is 6.61 Å². The summed E-state index contributed by atoms with van der Waals surface area (Å²) in [6.45, 7) is 7.12. The first-order valence-electron chi connectivity index (χ1n) is 8.07. The maximum absolute atomic E-state index is 6.55. The third-order valence-corrected chi connectivity index (χ3v) is 4.74. The van der Waals surface area contributed by atoms with Crippen LogP contribution in [-0.2, 0) is 4.74 Å². The summed E-state index contributed by atoms with van der Waals surface area (Å²) in [5.41, 5.74) is 10.4. The summed E-state index contributed by atoms with van der Waals surface area (Å²) < 4.78 is 6.04. The van der Waals surface area contributed by atoms with Crippen molar-refractivity contribution < 1.29 is 4.74 Å². The Morgan fingerprint density at radius 3 is 2.45 bits per heavy atom. The summed E-state index contributed by atoms with van der Waals surface area (Å²) in [5, 5.41) is 0. The zero-order valence-electron chi connectivity index (χ0n) is 13.2. The van der Waals surface area contributed by atoms with Gasteiger partial charge in [-0.25, -0.2) is 0 Å². The fraction of sp³-hybridized carbons (Fsp3) is 0.667. The van der Waals surface area contributed by atoms with Crippen LogP contribution in [0.1, 0.15) is 61.8 Å². The highest BCUT2D eigenvalue weighted by molar-refractivity contribution is 5.32. The minimum atomic E-state index is -0.00245. The molecule has 2 unspecified atom stereocenters. The van der Waals surface area contributed by atoms with Crippen molar-refractivity contribution in [2.75, 3.05) is 6.61 Å². The average Bonchev–Trinajstić information content (AvgIpc) is 2.48. The molecule has 0 saturated heterocycles. The molecule has 1 aromatic carbocycles. The number of ether oxygens (including phenoxy) is 1. The van der Waals surface area contributed by atoms with Crippen LogP contribution < -0.4 is 5.73 Å². The van der Waals surface area contributed by atoms with Crippen LogP contribution >= 0.6 is 0 Å². The first kappa shape index (κ1) is 15.5. The van der Waals surface area contributed by atoms with Gasteiger partial charge in [0.05, 0.1) is 12.1 Å². The lowest BCUT2D eigenvalue weighted by molar-refractivity contribution is -0.00986. The van der Waals surface area contributed by atoms with E-state index in [1.165, 1.54) is 48.8 Å². The molecule has 2 rings (SSSR count). The molecule has 2 atom stereocenters. The van der Waals surface area contributed by atoms with Gasteiger partial charge >= 0.3 is 0 Å². The monoisotopic (exact) mass is 275 g/mol. The van der Waals surface area contributed by atoms with Gasteiger partial charge < -0.3 is 10.5 Å². The highest BCUT2D eigenvalue weighted by Crippen LogP contribution is 2.33. The van der Waals surface area contributed by atoms with Gasteiger partial charge in [0.15, 0.2) is 0 Å². The minimum absolute atomic E-state index is 0.00245. The van der Waals surface area contributed by atoms with Gasteiger partial charge in [0.2, 0.25) is 0 Å². The lowest BCUT2D eigenvalue weighted by Gasteiger charge is -2.34. The molecule has 0 bridgehead atoms. The van der Waals surface area contributed by atoms with Crippen molar-refractivity contribution in [3.05, 3.63) is 34.9 Å². The van der Waals surface area contributed by atoms with Gasteiger partial charge in [0, 0.05) is 6.61 Å². The van der Waals surface area contributed by atoms with Crippen molar-refractivity contribution in [2.24, 2.45) is 11.7 Å². The highest BCUT2D eigenvalue weighted by Gasteiger charge is 2.30. The van der Waals surface area contributed by atoms with Crippen molar-refractivity contribution in [3.8, 4) is 0 Å². The second-order valence-corrected chi connectivity index (χ2v) is 6.19. The van der Waals surface area contributed by atoms with Crippen LogP contribution in [-0.4, -0.2) is 12.7 Å². The Balaban J connectivity index is 2.16. The summed E-state index contributed by atoms with van der Waals surface area (Å²) >= 11 is 0. The maximum atomic E-state index is 6.55. The number of nitrogens with two attached hydrogens (primary N) is 1. The van der Waals surface area contributed by atoms with E-state index >= 15 is 0 Å². The van der Waals surface area contributed by atoms with Crippen LogP contribution in [0.15, 0.2) is 18.2 Å². The normalized spacial score (nSPS) is 19.8. The Bertz CT molecular complexity index is 423. The standard InChI is InChI=1S/C18H29NO/c1-4-20-18(15-8-6-5-7-9-15)17(19)16-11-10-13(2)14(3)12-16/h10-12,15,17-18H,4-9,19H2,1-3H3. The van der Waals surface area contributed by atoms with E-state index in [4.69, 9.17) is 10.5 Å². The molecule has 0 spiro atoms. The number of hydrogen-bond donors (Lipinski definition) is 1. The van der Waals surface area contributed by atoms with E-state index < -0.39 is 0 Å². The fourth-order valence-corrected chi connectivity index (χ4v) is 3.35. The van der Waals surface area contributed by atoms with Crippen LogP contribution in [0.3, 0.4) is 0 Å². The first-order chi connectivity index (χ1) is 9.63. The van der Waals surface area contributed by atoms with Gasteiger partial charge in [0.25, 0.3) is 0 Å². The molecule has 1 fully saturated rings. The summed E-state index contributed by atoms with van der Waals surface area (Å²) in [6.07, 6.45) is 6.73. The van der Waals surface area contributed by atoms with E-state index in [9.17, 15) is 0 Å². The Hall–Kier alpha value is -0.860. The smallest absolute Gasteiger partial charge is 0.0795 e. The van der Waals surface area contributed by atoms with Gasteiger partial charge in [-0.2, -0.15) is 0 Å². The lowest BCUT2D eigenvalue weighted by atomic mass is 9.81. The van der Waals surface area contributed by atoms with Crippen LogP contribution in [0.25, 0.3) is 0 Å². The third kappa shape index (κ3) is 3.62. The Labute approximate surface area is 123 Å². The zero-order chi connectivity index (χ0) is 14.5. The van der Waals surface area contributed by atoms with E-state index in [2.05, 4.69) is 39.0 Å². The molecule has 1 aromatic rings. The zero-order valence-corrected chi connectivity index (χ0v) is 13.2. The third-order valence-electron chi connectivity index (χ3n) is 4.74. The molecule has 0 aliphatic heterocycles. The number of rotatable bonds is 5. The van der Waals surface area contributed by atoms with Crippen LogP contribution in [0.4, 0.5) is 0 Å². The second kappa shape index (κ2) is 7.24. The molecule has 2 heteroatoms. The Morgan fingerprint density at radius 1 is 1.15 bits per heavy atom. The summed E-state index contributed by atoms with van der Waals surface area (Å²) in [7, 11) is 0. The van der Waals surface area contributed by atoms with Crippen LogP contribution in [0.2, 0.25) is 0 Å². The Kier molecular flexibility index (Phi) is 5.62. The molecule has 0 amide bonds. The number of benzene rings is 1. The molecule has 2 N–H and O–H groups in total.